The van der Waals surface area contributed by atoms with Crippen LogP contribution in [0.2, 0.25) is 0 Å². The molecule has 0 saturated heterocycles. The molecule has 0 N–H and O–H groups in total. The Balaban J connectivity index is 0.000000352. The number of rotatable bonds is 7. The molecule has 334 valence electrons. The molecule has 0 unspecified atom stereocenters. The molecule has 5 rings (SSSR count). The minimum absolute atomic E-state index is 0.0964. The van der Waals surface area contributed by atoms with E-state index in [0.29, 0.717) is 10.5 Å². The molecule has 0 amide bonds. The van der Waals surface area contributed by atoms with E-state index in [1.54, 1.807) is 5.92 Å². The van der Waals surface area contributed by atoms with Gasteiger partial charge in [0, 0.05) is 30.6 Å². The quantitative estimate of drug-likeness (QED) is 0.0896. The summed E-state index contributed by atoms with van der Waals surface area (Å²) < 4.78 is 215. The lowest BCUT2D eigenvalue weighted by molar-refractivity contribution is -0.281. The molecule has 0 fully saturated rings. The highest BCUT2D eigenvalue weighted by molar-refractivity contribution is 5.63. The summed E-state index contributed by atoms with van der Waals surface area (Å²) >= 11 is 0. The summed E-state index contributed by atoms with van der Waals surface area (Å²) in [6.45, 7) is 4.00. The average molecular weight is 904 g/mol. The second-order valence-corrected chi connectivity index (χ2v) is 11.1. The summed E-state index contributed by atoms with van der Waals surface area (Å²) in [5, 5.41) is 2.94. The van der Waals surface area contributed by atoms with Gasteiger partial charge >= 0.3 is 36.6 Å². The summed E-state index contributed by atoms with van der Waals surface area (Å²) in [6, 6.07) is 5.32. The predicted octanol–water partition coefficient (Wildman–Crippen LogP) is 8.62. The Labute approximate surface area is 329 Å². The Hall–Kier alpha value is -6.36. The highest BCUT2D eigenvalue weighted by atomic mass is 19.4. The Bertz CT molecular complexity index is 2480. The van der Waals surface area contributed by atoms with E-state index in [4.69, 9.17) is 15.9 Å². The fourth-order valence-corrected chi connectivity index (χ4v) is 4.32. The van der Waals surface area contributed by atoms with Crippen LogP contribution in [0.25, 0.3) is 22.6 Å². The SMILES string of the molecule is C#Cc1c(C(F)(F)F)nc2cc(OC)ccn2c1=O.CC.COc1ccn2c(=O)c(-c3cc(CC(F)(F)C(F)(F)F)no3)c(C(F)(F)F)nc2c1.O=CCC(F)(F)C(F)(F)F. The Morgan fingerprint density at radius 1 is 0.705 bits per heavy atom. The molecule has 11 nitrogen and oxygen atoms in total. The number of carbonyl (C=O) groups excluding carboxylic acids is 1. The minimum atomic E-state index is -5.91. The number of fused-ring (bicyclic) bond motifs is 2. The molecule has 5 aromatic heterocycles. The number of halogens is 16. The van der Waals surface area contributed by atoms with Crippen LogP contribution in [0.15, 0.2) is 56.8 Å². The molecule has 27 heteroatoms. The summed E-state index contributed by atoms with van der Waals surface area (Å²) in [5.41, 5.74) is -8.98. The van der Waals surface area contributed by atoms with Crippen LogP contribution in [0.5, 0.6) is 11.5 Å². The maximum atomic E-state index is 13.5. The first-order valence-electron chi connectivity index (χ1n) is 16.0. The zero-order valence-corrected chi connectivity index (χ0v) is 30.8. The molecule has 0 radical (unpaired) electrons. The van der Waals surface area contributed by atoms with Gasteiger partial charge in [0.1, 0.15) is 40.2 Å². The van der Waals surface area contributed by atoms with Crippen molar-refractivity contribution in [1.82, 2.24) is 23.9 Å². The first-order chi connectivity index (χ1) is 27.9. The monoisotopic (exact) mass is 903 g/mol. The minimum Gasteiger partial charge on any atom is -0.497 e. The molecule has 0 spiro atoms. The number of ether oxygens (including phenoxy) is 2. The van der Waals surface area contributed by atoms with Crippen molar-refractivity contribution < 1.29 is 89.0 Å². The number of terminal acetylenes is 1. The van der Waals surface area contributed by atoms with Gasteiger partial charge in [-0.25, -0.2) is 9.97 Å². The van der Waals surface area contributed by atoms with E-state index in [-0.39, 0.29) is 17.1 Å². The molecule has 0 aliphatic heterocycles. The highest BCUT2D eigenvalue weighted by Gasteiger charge is 2.58. The van der Waals surface area contributed by atoms with Crippen molar-refractivity contribution in [2.45, 2.75) is 63.2 Å². The van der Waals surface area contributed by atoms with Crippen molar-refractivity contribution >= 4 is 17.6 Å². The van der Waals surface area contributed by atoms with Crippen molar-refractivity contribution in [3.8, 4) is 35.2 Å². The molecule has 5 aromatic rings. The van der Waals surface area contributed by atoms with Crippen LogP contribution in [0, 0.1) is 12.3 Å². The van der Waals surface area contributed by atoms with Crippen molar-refractivity contribution in [3.05, 3.63) is 86.1 Å². The van der Waals surface area contributed by atoms with Crippen molar-refractivity contribution in [1.29, 1.82) is 0 Å². The van der Waals surface area contributed by atoms with Crippen molar-refractivity contribution in [3.63, 3.8) is 0 Å². The number of pyridine rings is 2. The van der Waals surface area contributed by atoms with Gasteiger partial charge in [-0.1, -0.05) is 24.9 Å². The number of nitrogens with zero attached hydrogens (tertiary/aromatic N) is 5. The standard InChI is InChI=1S/C16H9F8N3O3.C12H7F3N2O2.C4H3F5O.C2H6/c1-29-8-2-3-27-10(5-8)25-12(15(19,20)21)11(13(27)28)9-4-7(26-30-9)6-14(17,18)16(22,23)24;1-3-8-10(12(13,14)15)16-9-6-7(19-2)4-5-17(9)11(8)18;5-3(6,1-2-10)4(7,8)9;1-2/h2-5H,6H2,1H3;1,4-6H,2H3;2H,1H2;1-2H3. The Morgan fingerprint density at radius 3 is 1.52 bits per heavy atom. The van der Waals surface area contributed by atoms with E-state index in [0.717, 1.165) is 16.7 Å². The van der Waals surface area contributed by atoms with Gasteiger partial charge in [0.2, 0.25) is 0 Å². The molecule has 0 aliphatic rings. The van der Waals surface area contributed by atoms with Gasteiger partial charge in [-0.05, 0) is 12.1 Å². The van der Waals surface area contributed by atoms with Crippen LogP contribution < -0.4 is 20.6 Å². The fraction of sp³-hybridized carbons (Fsp3) is 0.353. The number of alkyl halides is 16. The average Bonchev–Trinajstić information content (AvgIpc) is 3.61. The van der Waals surface area contributed by atoms with Crippen LogP contribution in [-0.2, 0) is 23.6 Å². The second-order valence-electron chi connectivity index (χ2n) is 11.1. The third-order valence-corrected chi connectivity index (χ3v) is 7.13. The maximum Gasteiger partial charge on any atom is 0.453 e. The third kappa shape index (κ3) is 11.9. The normalized spacial score (nSPS) is 12.2. The largest absolute Gasteiger partial charge is 0.497 e. The third-order valence-electron chi connectivity index (χ3n) is 7.13. The Kier molecular flexibility index (Phi) is 15.7. The fourth-order valence-electron chi connectivity index (χ4n) is 4.32. The number of methoxy groups -OCH3 is 2. The van der Waals surface area contributed by atoms with Gasteiger partial charge in [-0.2, -0.15) is 70.2 Å². The van der Waals surface area contributed by atoms with E-state index >= 15 is 0 Å². The predicted molar refractivity (Wildman–Crippen MR) is 177 cm³/mol. The molecule has 0 aromatic carbocycles. The lowest BCUT2D eigenvalue weighted by atomic mass is 10.1. The van der Waals surface area contributed by atoms with E-state index in [1.165, 1.54) is 38.6 Å². The van der Waals surface area contributed by atoms with E-state index in [1.807, 2.05) is 13.8 Å². The number of hydrogen-bond acceptors (Lipinski definition) is 9. The summed E-state index contributed by atoms with van der Waals surface area (Å²) in [5.74, 6) is -8.92. The lowest BCUT2D eigenvalue weighted by Crippen LogP contribution is -2.38. The Morgan fingerprint density at radius 2 is 1.15 bits per heavy atom. The van der Waals surface area contributed by atoms with Crippen LogP contribution in [-0.4, -0.2) is 68.6 Å². The molecule has 0 saturated carbocycles. The van der Waals surface area contributed by atoms with Gasteiger partial charge in [-0.15, -0.1) is 6.42 Å². The smallest absolute Gasteiger partial charge is 0.453 e. The molecule has 61 heavy (non-hydrogen) atoms. The molecule has 0 aliphatic carbocycles. The van der Waals surface area contributed by atoms with Gasteiger partial charge in [0.15, 0.2) is 17.1 Å². The first kappa shape index (κ1) is 50.8. The first-order valence-corrected chi connectivity index (χ1v) is 16.0. The summed E-state index contributed by atoms with van der Waals surface area (Å²) in [6.07, 6.45) is -18.5. The summed E-state index contributed by atoms with van der Waals surface area (Å²) in [7, 11) is 2.58. The maximum absolute atomic E-state index is 13.5. The molecular formula is C34H25F16N5O6. The van der Waals surface area contributed by atoms with Crippen LogP contribution in [0.4, 0.5) is 70.2 Å². The van der Waals surface area contributed by atoms with Crippen LogP contribution in [0.1, 0.15) is 42.9 Å². The molecule has 0 atom stereocenters. The molecular weight excluding hydrogens is 878 g/mol. The van der Waals surface area contributed by atoms with Gasteiger partial charge in [0.25, 0.3) is 11.1 Å². The zero-order valence-electron chi connectivity index (χ0n) is 30.8. The van der Waals surface area contributed by atoms with E-state index in [2.05, 4.69) is 19.6 Å². The second kappa shape index (κ2) is 18.9. The van der Waals surface area contributed by atoms with Gasteiger partial charge in [-0.3, -0.25) is 18.4 Å². The van der Waals surface area contributed by atoms with Crippen molar-refractivity contribution in [2.75, 3.05) is 14.2 Å². The number of carbonyl (C=O) groups is 1. The number of aromatic nitrogens is 5. The number of aldehydes is 1. The van der Waals surface area contributed by atoms with Crippen molar-refractivity contribution in [2.24, 2.45) is 0 Å². The lowest BCUT2D eigenvalue weighted by Gasteiger charge is -2.17. The number of hydrogen-bond donors (Lipinski definition) is 0. The van der Waals surface area contributed by atoms with Crippen LogP contribution >= 0.6 is 0 Å². The summed E-state index contributed by atoms with van der Waals surface area (Å²) in [4.78, 5) is 40.5. The highest BCUT2D eigenvalue weighted by Crippen LogP contribution is 2.40. The van der Waals surface area contributed by atoms with E-state index in [9.17, 15) is 84.6 Å². The topological polar surface area (TPSA) is 130 Å². The zero-order chi connectivity index (χ0) is 47.1. The molecule has 5 heterocycles. The van der Waals surface area contributed by atoms with E-state index < -0.39 is 106 Å². The van der Waals surface area contributed by atoms with Crippen LogP contribution in [0.3, 0.4) is 0 Å². The van der Waals surface area contributed by atoms with Gasteiger partial charge in [0.05, 0.1) is 32.8 Å². The molecule has 0 bridgehead atoms. The van der Waals surface area contributed by atoms with Gasteiger partial charge < -0.3 is 18.8 Å².